The molecule has 2 atom stereocenters. The minimum absolute atomic E-state index is 0.00468. The molecule has 0 spiro atoms. The van der Waals surface area contributed by atoms with Crippen molar-refractivity contribution in [1.29, 1.82) is 0 Å². The fraction of sp³-hybridized carbons (Fsp3) is 0.400. The molecule has 1 aromatic carbocycles. The molecule has 12 heteroatoms. The van der Waals surface area contributed by atoms with Gasteiger partial charge in [-0.05, 0) is 43.4 Å². The summed E-state index contributed by atoms with van der Waals surface area (Å²) in [7, 11) is 1.90. The SMILES string of the molecule is CC(O)C(=O)NCc1nc(C(F)(F)F)cc2c(-c3cccc(C(c4nncn4C)C4CCC4)c3)n[nH]c12. The van der Waals surface area contributed by atoms with Gasteiger partial charge in [0.05, 0.1) is 17.8 Å². The smallest absolute Gasteiger partial charge is 0.384 e. The maximum Gasteiger partial charge on any atom is 0.433 e. The fourth-order valence-electron chi connectivity index (χ4n) is 4.75. The van der Waals surface area contributed by atoms with Gasteiger partial charge in [-0.3, -0.25) is 9.89 Å². The van der Waals surface area contributed by atoms with Gasteiger partial charge < -0.3 is 15.0 Å². The van der Waals surface area contributed by atoms with Gasteiger partial charge in [0.1, 0.15) is 29.6 Å². The van der Waals surface area contributed by atoms with Crippen LogP contribution < -0.4 is 5.32 Å². The van der Waals surface area contributed by atoms with E-state index in [1.54, 1.807) is 12.4 Å². The molecular weight excluding hydrogens is 487 g/mol. The van der Waals surface area contributed by atoms with Crippen molar-refractivity contribution in [2.45, 2.75) is 50.9 Å². The van der Waals surface area contributed by atoms with E-state index >= 15 is 0 Å². The summed E-state index contributed by atoms with van der Waals surface area (Å²) in [5.41, 5.74) is 1.14. The summed E-state index contributed by atoms with van der Waals surface area (Å²) in [5.74, 6) is 0.531. The lowest BCUT2D eigenvalue weighted by Crippen LogP contribution is -2.32. The molecule has 3 N–H and O–H groups in total. The number of alkyl halides is 3. The Morgan fingerprint density at radius 3 is 2.70 bits per heavy atom. The van der Waals surface area contributed by atoms with Crippen molar-refractivity contribution in [3.8, 4) is 11.3 Å². The average Bonchev–Trinajstić information content (AvgIpc) is 3.45. The molecule has 0 aliphatic heterocycles. The number of amides is 1. The molecule has 4 aromatic rings. The first-order chi connectivity index (χ1) is 17.6. The van der Waals surface area contributed by atoms with E-state index in [9.17, 15) is 23.1 Å². The third kappa shape index (κ3) is 4.80. The van der Waals surface area contributed by atoms with Crippen LogP contribution >= 0.6 is 0 Å². The van der Waals surface area contributed by atoms with Crippen LogP contribution in [-0.2, 0) is 24.6 Å². The van der Waals surface area contributed by atoms with Gasteiger partial charge in [-0.25, -0.2) is 4.98 Å². The predicted octanol–water partition coefficient (Wildman–Crippen LogP) is 3.70. The summed E-state index contributed by atoms with van der Waals surface area (Å²) in [4.78, 5) is 15.6. The fourth-order valence-corrected chi connectivity index (χ4v) is 4.75. The minimum atomic E-state index is -4.70. The van der Waals surface area contributed by atoms with E-state index in [1.807, 2.05) is 29.8 Å². The monoisotopic (exact) mass is 513 g/mol. The van der Waals surface area contributed by atoms with Crippen molar-refractivity contribution in [2.24, 2.45) is 13.0 Å². The first kappa shape index (κ1) is 24.9. The maximum absolute atomic E-state index is 13.7. The third-order valence-electron chi connectivity index (χ3n) is 6.89. The van der Waals surface area contributed by atoms with E-state index in [4.69, 9.17) is 0 Å². The number of hydrogen-bond donors (Lipinski definition) is 3. The van der Waals surface area contributed by atoms with Gasteiger partial charge in [0.15, 0.2) is 0 Å². The lowest BCUT2D eigenvalue weighted by Gasteiger charge is -2.33. The molecule has 3 aromatic heterocycles. The van der Waals surface area contributed by atoms with Crippen LogP contribution in [0.2, 0.25) is 0 Å². The van der Waals surface area contributed by atoms with Gasteiger partial charge >= 0.3 is 6.18 Å². The molecule has 5 rings (SSSR count). The number of aliphatic hydroxyl groups excluding tert-OH is 1. The molecule has 3 heterocycles. The number of aryl methyl sites for hydroxylation is 1. The van der Waals surface area contributed by atoms with Gasteiger partial charge in [0.2, 0.25) is 5.91 Å². The van der Waals surface area contributed by atoms with E-state index < -0.39 is 23.9 Å². The largest absolute Gasteiger partial charge is 0.433 e. The zero-order valence-electron chi connectivity index (χ0n) is 20.3. The van der Waals surface area contributed by atoms with Gasteiger partial charge in [-0.15, -0.1) is 10.2 Å². The van der Waals surface area contributed by atoms with Gasteiger partial charge in [-0.2, -0.15) is 18.3 Å². The zero-order chi connectivity index (χ0) is 26.3. The first-order valence-electron chi connectivity index (χ1n) is 12.0. The minimum Gasteiger partial charge on any atom is -0.384 e. The van der Waals surface area contributed by atoms with Crippen molar-refractivity contribution < 1.29 is 23.1 Å². The van der Waals surface area contributed by atoms with Gasteiger partial charge in [0, 0.05) is 23.9 Å². The standard InChI is InChI=1S/C25H26F3N7O2/c1-13(36)24(37)29-11-18-22-17(10-19(31-18)25(26,27)28)21(32-33-22)16-8-4-7-15(9-16)20(14-5-3-6-14)23-34-30-12-35(23)2/h4,7-10,12-14,20,36H,3,5-6,11H2,1-2H3,(H,29,37)(H,32,33). The molecule has 0 bridgehead atoms. The number of aromatic amines is 1. The Kier molecular flexibility index (Phi) is 6.44. The number of fused-ring (bicyclic) bond motifs is 1. The number of hydrogen-bond acceptors (Lipinski definition) is 6. The summed E-state index contributed by atoms with van der Waals surface area (Å²) in [6, 6.07) is 8.57. The molecule has 9 nitrogen and oxygen atoms in total. The highest BCUT2D eigenvalue weighted by atomic mass is 19.4. The number of carbonyl (C=O) groups excluding carboxylic acids is 1. The molecule has 37 heavy (non-hydrogen) atoms. The Morgan fingerprint density at radius 2 is 2.08 bits per heavy atom. The maximum atomic E-state index is 13.7. The summed E-state index contributed by atoms with van der Waals surface area (Å²) in [5, 5.41) is 27.6. The van der Waals surface area contributed by atoms with E-state index in [1.165, 1.54) is 6.92 Å². The Labute approximate surface area is 210 Å². The molecule has 1 amide bonds. The van der Waals surface area contributed by atoms with Crippen molar-refractivity contribution in [3.05, 3.63) is 59.4 Å². The molecule has 0 saturated heterocycles. The molecule has 1 saturated carbocycles. The Bertz CT molecular complexity index is 1440. The van der Waals surface area contributed by atoms with Gasteiger partial charge in [-0.1, -0.05) is 24.6 Å². The van der Waals surface area contributed by atoms with E-state index in [2.05, 4.69) is 30.7 Å². The second-order valence-corrected chi connectivity index (χ2v) is 9.43. The second kappa shape index (κ2) is 9.58. The Morgan fingerprint density at radius 1 is 1.30 bits per heavy atom. The quantitative estimate of drug-likeness (QED) is 0.347. The van der Waals surface area contributed by atoms with Gasteiger partial charge in [0.25, 0.3) is 0 Å². The number of carbonyl (C=O) groups is 1. The van der Waals surface area contributed by atoms with Crippen LogP contribution in [0.4, 0.5) is 13.2 Å². The van der Waals surface area contributed by atoms with Crippen molar-refractivity contribution in [1.82, 2.24) is 35.3 Å². The first-order valence-corrected chi connectivity index (χ1v) is 12.0. The van der Waals surface area contributed by atoms with Crippen molar-refractivity contribution >= 4 is 16.8 Å². The number of aliphatic hydroxyl groups is 1. The van der Waals surface area contributed by atoms with Crippen molar-refractivity contribution in [2.75, 3.05) is 0 Å². The molecule has 2 unspecified atom stereocenters. The number of aromatic nitrogens is 6. The Hall–Kier alpha value is -3.80. The lowest BCUT2D eigenvalue weighted by molar-refractivity contribution is -0.141. The van der Waals surface area contributed by atoms with Crippen LogP contribution in [0.15, 0.2) is 36.7 Å². The van der Waals surface area contributed by atoms with Crippen LogP contribution in [0.5, 0.6) is 0 Å². The number of nitrogens with one attached hydrogen (secondary N) is 2. The number of pyridine rings is 1. The summed E-state index contributed by atoms with van der Waals surface area (Å²) < 4.78 is 43.1. The van der Waals surface area contributed by atoms with E-state index in [-0.39, 0.29) is 29.1 Å². The second-order valence-electron chi connectivity index (χ2n) is 9.43. The number of rotatable bonds is 7. The molecular formula is C25H26F3N7O2. The third-order valence-corrected chi connectivity index (χ3v) is 6.89. The molecule has 1 aliphatic carbocycles. The van der Waals surface area contributed by atoms with E-state index in [0.717, 1.165) is 36.7 Å². The summed E-state index contributed by atoms with van der Waals surface area (Å²) >= 11 is 0. The van der Waals surface area contributed by atoms with Crippen LogP contribution in [0.3, 0.4) is 0 Å². The highest BCUT2D eigenvalue weighted by Crippen LogP contribution is 2.43. The molecule has 1 fully saturated rings. The van der Waals surface area contributed by atoms with Crippen molar-refractivity contribution in [3.63, 3.8) is 0 Å². The van der Waals surface area contributed by atoms with Crippen LogP contribution in [0.25, 0.3) is 22.2 Å². The number of H-pyrrole nitrogens is 1. The number of nitrogens with zero attached hydrogens (tertiary/aromatic N) is 5. The Balaban J connectivity index is 1.59. The highest BCUT2D eigenvalue weighted by Gasteiger charge is 2.35. The van der Waals surface area contributed by atoms with Crippen LogP contribution in [0.1, 0.15) is 54.9 Å². The topological polar surface area (TPSA) is 122 Å². The molecule has 194 valence electrons. The zero-order valence-corrected chi connectivity index (χ0v) is 20.3. The average molecular weight is 514 g/mol. The van der Waals surface area contributed by atoms with E-state index in [0.29, 0.717) is 17.2 Å². The molecule has 1 aliphatic rings. The summed E-state index contributed by atoms with van der Waals surface area (Å²) in [6.45, 7) is 0.964. The van der Waals surface area contributed by atoms with Crippen LogP contribution in [0, 0.1) is 5.92 Å². The number of halogens is 3. The highest BCUT2D eigenvalue weighted by molar-refractivity contribution is 5.94. The molecule has 0 radical (unpaired) electrons. The number of benzene rings is 1. The lowest BCUT2D eigenvalue weighted by atomic mass is 9.72. The normalized spacial score (nSPS) is 15.9. The van der Waals surface area contributed by atoms with Crippen LogP contribution in [-0.4, -0.2) is 47.1 Å². The predicted molar refractivity (Wildman–Crippen MR) is 128 cm³/mol. The summed E-state index contributed by atoms with van der Waals surface area (Å²) in [6.07, 6.45) is -1.07.